The maximum absolute atomic E-state index is 9.52. The molecule has 0 radical (unpaired) electrons. The molecule has 1 N–H and O–H groups in total. The molecule has 0 saturated heterocycles. The van der Waals surface area contributed by atoms with E-state index in [1.54, 1.807) is 0 Å². The highest BCUT2D eigenvalue weighted by Crippen LogP contribution is 2.40. The third-order valence-electron chi connectivity index (χ3n) is 4.45. The van der Waals surface area contributed by atoms with Gasteiger partial charge in [0.2, 0.25) is 5.89 Å². The first kappa shape index (κ1) is 12.9. The second kappa shape index (κ2) is 5.19. The summed E-state index contributed by atoms with van der Waals surface area (Å²) in [5, 5.41) is 9.52. The zero-order valence-electron chi connectivity index (χ0n) is 12.0. The monoisotopic (exact) mass is 284 g/mol. The number of aliphatic hydroxyl groups is 1. The van der Waals surface area contributed by atoms with Crippen LogP contribution in [-0.2, 0) is 13.0 Å². The third kappa shape index (κ3) is 2.56. The molecule has 1 fully saturated rings. The summed E-state index contributed by atoms with van der Waals surface area (Å²) in [4.78, 5) is 6.70. The molecule has 1 saturated carbocycles. The first-order valence-corrected chi connectivity index (χ1v) is 7.72. The van der Waals surface area contributed by atoms with Gasteiger partial charge in [0, 0.05) is 30.7 Å². The molecule has 1 unspecified atom stereocenters. The predicted molar refractivity (Wildman–Crippen MR) is 80.2 cm³/mol. The summed E-state index contributed by atoms with van der Waals surface area (Å²) in [6.07, 6.45) is 5.29. The van der Waals surface area contributed by atoms with Gasteiger partial charge in [-0.3, -0.25) is 0 Å². The standard InChI is InChI=1S/C17H20N2O2/c20-11-12-7-14-3-1-2-4-15(14)19(9-12)10-17-18-8-16(21-17)13-5-6-13/h1-4,8,12-13,20H,5-7,9-11H2. The Morgan fingerprint density at radius 3 is 2.95 bits per heavy atom. The number of aliphatic hydroxyl groups excluding tert-OH is 1. The van der Waals surface area contributed by atoms with Gasteiger partial charge in [-0.2, -0.15) is 0 Å². The predicted octanol–water partition coefficient (Wildman–Crippen LogP) is 2.72. The van der Waals surface area contributed by atoms with E-state index in [-0.39, 0.29) is 12.5 Å². The summed E-state index contributed by atoms with van der Waals surface area (Å²) < 4.78 is 5.88. The number of oxazole rings is 1. The molecule has 4 rings (SSSR count). The zero-order valence-corrected chi connectivity index (χ0v) is 12.0. The number of benzene rings is 1. The molecule has 1 aromatic heterocycles. The smallest absolute Gasteiger partial charge is 0.213 e. The molecule has 4 nitrogen and oxygen atoms in total. The van der Waals surface area contributed by atoms with Crippen molar-refractivity contribution >= 4 is 5.69 Å². The van der Waals surface area contributed by atoms with Gasteiger partial charge in [-0.25, -0.2) is 4.98 Å². The van der Waals surface area contributed by atoms with Crippen molar-refractivity contribution in [2.45, 2.75) is 31.7 Å². The normalized spacial score (nSPS) is 21.4. The topological polar surface area (TPSA) is 49.5 Å². The largest absolute Gasteiger partial charge is 0.443 e. The second-order valence-corrected chi connectivity index (χ2v) is 6.19. The van der Waals surface area contributed by atoms with Crippen molar-refractivity contribution in [1.29, 1.82) is 0 Å². The van der Waals surface area contributed by atoms with E-state index in [0.29, 0.717) is 12.5 Å². The van der Waals surface area contributed by atoms with Crippen LogP contribution < -0.4 is 4.90 Å². The van der Waals surface area contributed by atoms with Crippen LogP contribution in [0.1, 0.15) is 36.0 Å². The number of fused-ring (bicyclic) bond motifs is 1. The van der Waals surface area contributed by atoms with Crippen LogP contribution in [0.25, 0.3) is 0 Å². The molecule has 0 amide bonds. The Labute approximate surface area is 124 Å². The quantitative estimate of drug-likeness (QED) is 0.938. The highest BCUT2D eigenvalue weighted by Gasteiger charge is 2.29. The van der Waals surface area contributed by atoms with Gasteiger partial charge in [0.1, 0.15) is 5.76 Å². The molecule has 4 heteroatoms. The van der Waals surface area contributed by atoms with Gasteiger partial charge in [-0.1, -0.05) is 18.2 Å². The molecular formula is C17H20N2O2. The maximum atomic E-state index is 9.52. The van der Waals surface area contributed by atoms with Crippen molar-refractivity contribution in [3.63, 3.8) is 0 Å². The molecule has 1 aliphatic carbocycles. The fraction of sp³-hybridized carbons (Fsp3) is 0.471. The summed E-state index contributed by atoms with van der Waals surface area (Å²) in [5.41, 5.74) is 2.55. The van der Waals surface area contributed by atoms with Gasteiger partial charge >= 0.3 is 0 Å². The second-order valence-electron chi connectivity index (χ2n) is 6.19. The van der Waals surface area contributed by atoms with Crippen LogP contribution in [0.4, 0.5) is 5.69 Å². The lowest BCUT2D eigenvalue weighted by Gasteiger charge is -2.34. The number of aromatic nitrogens is 1. The van der Waals surface area contributed by atoms with E-state index in [2.05, 4.69) is 34.1 Å². The van der Waals surface area contributed by atoms with E-state index in [1.165, 1.54) is 24.1 Å². The first-order valence-electron chi connectivity index (χ1n) is 7.72. The molecule has 1 atom stereocenters. The van der Waals surface area contributed by atoms with Crippen LogP contribution in [0.15, 0.2) is 34.9 Å². The fourth-order valence-electron chi connectivity index (χ4n) is 3.17. The minimum Gasteiger partial charge on any atom is -0.443 e. The molecular weight excluding hydrogens is 264 g/mol. The van der Waals surface area contributed by atoms with E-state index in [9.17, 15) is 5.11 Å². The molecule has 110 valence electrons. The molecule has 1 aromatic carbocycles. The Hall–Kier alpha value is -1.81. The van der Waals surface area contributed by atoms with Crippen molar-refractivity contribution < 1.29 is 9.52 Å². The van der Waals surface area contributed by atoms with E-state index in [0.717, 1.165) is 24.6 Å². The first-order chi connectivity index (χ1) is 10.3. The van der Waals surface area contributed by atoms with E-state index < -0.39 is 0 Å². The highest BCUT2D eigenvalue weighted by molar-refractivity contribution is 5.55. The van der Waals surface area contributed by atoms with Crippen LogP contribution in [0.2, 0.25) is 0 Å². The summed E-state index contributed by atoms with van der Waals surface area (Å²) in [6, 6.07) is 8.42. The fourth-order valence-corrected chi connectivity index (χ4v) is 3.17. The van der Waals surface area contributed by atoms with Gasteiger partial charge in [0.25, 0.3) is 0 Å². The van der Waals surface area contributed by atoms with Gasteiger partial charge in [-0.05, 0) is 30.9 Å². The Morgan fingerprint density at radius 1 is 1.29 bits per heavy atom. The summed E-state index contributed by atoms with van der Waals surface area (Å²) in [6.45, 7) is 1.76. The Balaban J connectivity index is 1.57. The molecule has 2 aliphatic rings. The van der Waals surface area contributed by atoms with Crippen LogP contribution in [-0.4, -0.2) is 23.2 Å². The highest BCUT2D eigenvalue weighted by atomic mass is 16.4. The third-order valence-corrected chi connectivity index (χ3v) is 4.45. The van der Waals surface area contributed by atoms with Crippen LogP contribution in [0.3, 0.4) is 0 Å². The van der Waals surface area contributed by atoms with Crippen molar-refractivity contribution in [2.24, 2.45) is 5.92 Å². The van der Waals surface area contributed by atoms with Gasteiger partial charge < -0.3 is 14.4 Å². The molecule has 2 aromatic rings. The molecule has 21 heavy (non-hydrogen) atoms. The summed E-state index contributed by atoms with van der Waals surface area (Å²) in [5.74, 6) is 2.71. The summed E-state index contributed by atoms with van der Waals surface area (Å²) in [7, 11) is 0. The van der Waals surface area contributed by atoms with Crippen molar-refractivity contribution in [3.05, 3.63) is 47.7 Å². The maximum Gasteiger partial charge on any atom is 0.213 e. The van der Waals surface area contributed by atoms with E-state index >= 15 is 0 Å². The summed E-state index contributed by atoms with van der Waals surface area (Å²) >= 11 is 0. The number of hydrogen-bond donors (Lipinski definition) is 1. The number of nitrogens with zero attached hydrogens (tertiary/aromatic N) is 2. The SMILES string of the molecule is OCC1Cc2ccccc2N(Cc2ncc(C3CC3)o2)C1. The van der Waals surface area contributed by atoms with E-state index in [4.69, 9.17) is 4.42 Å². The van der Waals surface area contributed by atoms with Crippen LogP contribution in [0, 0.1) is 5.92 Å². The Kier molecular flexibility index (Phi) is 3.19. The van der Waals surface area contributed by atoms with Crippen LogP contribution in [0.5, 0.6) is 0 Å². The lowest BCUT2D eigenvalue weighted by molar-refractivity contribution is 0.223. The zero-order chi connectivity index (χ0) is 14.2. The van der Waals surface area contributed by atoms with Gasteiger partial charge in [0.05, 0.1) is 12.7 Å². The number of para-hydroxylation sites is 1. The van der Waals surface area contributed by atoms with Gasteiger partial charge in [-0.15, -0.1) is 0 Å². The lowest BCUT2D eigenvalue weighted by atomic mass is 9.93. The lowest BCUT2D eigenvalue weighted by Crippen LogP contribution is -2.36. The molecule has 0 bridgehead atoms. The Bertz CT molecular complexity index is 633. The van der Waals surface area contributed by atoms with Gasteiger partial charge in [0.15, 0.2) is 0 Å². The van der Waals surface area contributed by atoms with E-state index in [1.807, 2.05) is 6.20 Å². The molecule has 1 aliphatic heterocycles. The number of hydrogen-bond acceptors (Lipinski definition) is 4. The average Bonchev–Trinajstić information content (AvgIpc) is 3.27. The number of rotatable bonds is 4. The van der Waals surface area contributed by atoms with Crippen molar-refractivity contribution in [3.8, 4) is 0 Å². The Morgan fingerprint density at radius 2 is 2.14 bits per heavy atom. The van der Waals surface area contributed by atoms with Crippen molar-refractivity contribution in [2.75, 3.05) is 18.1 Å². The minimum atomic E-state index is 0.226. The van der Waals surface area contributed by atoms with Crippen LogP contribution >= 0.6 is 0 Å². The van der Waals surface area contributed by atoms with Crippen molar-refractivity contribution in [1.82, 2.24) is 4.98 Å². The molecule has 2 heterocycles. The minimum absolute atomic E-state index is 0.226. The number of anilines is 1. The molecule has 0 spiro atoms. The average molecular weight is 284 g/mol.